The fraction of sp³-hybridized carbons (Fsp3) is 0.643. The third kappa shape index (κ3) is 4.25. The van der Waals surface area contributed by atoms with Gasteiger partial charge < -0.3 is 10.6 Å². The summed E-state index contributed by atoms with van der Waals surface area (Å²) in [7, 11) is 0. The molecule has 1 aliphatic rings. The lowest BCUT2D eigenvalue weighted by atomic mass is 10.1. The molecule has 3 nitrogen and oxygen atoms in total. The summed E-state index contributed by atoms with van der Waals surface area (Å²) < 4.78 is 0. The van der Waals surface area contributed by atoms with E-state index in [-0.39, 0.29) is 0 Å². The molecule has 0 aliphatic heterocycles. The maximum absolute atomic E-state index is 4.31. The Morgan fingerprint density at radius 3 is 3.00 bits per heavy atom. The van der Waals surface area contributed by atoms with Crippen LogP contribution in [0.4, 0.5) is 11.5 Å². The van der Waals surface area contributed by atoms with E-state index in [1.165, 1.54) is 24.9 Å². The maximum Gasteiger partial charge on any atom is 0.127 e. The van der Waals surface area contributed by atoms with Crippen LogP contribution in [0.1, 0.15) is 39.5 Å². The molecule has 1 aromatic heterocycles. The van der Waals surface area contributed by atoms with Crippen molar-refractivity contribution in [2.75, 3.05) is 17.2 Å². The van der Waals surface area contributed by atoms with Gasteiger partial charge in [0.15, 0.2) is 0 Å². The molecule has 1 aromatic rings. The van der Waals surface area contributed by atoms with Gasteiger partial charge in [-0.1, -0.05) is 19.8 Å². The summed E-state index contributed by atoms with van der Waals surface area (Å²) in [6.45, 7) is 5.40. The molecule has 1 saturated carbocycles. The Kier molecular flexibility index (Phi) is 4.24. The Bertz CT molecular complexity index is 347. The summed E-state index contributed by atoms with van der Waals surface area (Å²) in [6.07, 6.45) is 7.12. The van der Waals surface area contributed by atoms with Crippen LogP contribution in [-0.4, -0.2) is 17.6 Å². The standard InChI is InChI=1S/C14H23N3/c1-3-7-15-14-10-13(6-8-16-14)17-11(2)9-12-4-5-12/h6,8,10-12H,3-5,7,9H2,1-2H3,(H2,15,16,17). The van der Waals surface area contributed by atoms with E-state index in [2.05, 4.69) is 35.5 Å². The van der Waals surface area contributed by atoms with Crippen molar-refractivity contribution >= 4 is 11.5 Å². The summed E-state index contributed by atoms with van der Waals surface area (Å²) in [5, 5.41) is 6.86. The Hall–Kier alpha value is -1.25. The number of anilines is 2. The predicted molar refractivity (Wildman–Crippen MR) is 73.4 cm³/mol. The molecule has 0 spiro atoms. The van der Waals surface area contributed by atoms with Crippen LogP contribution in [0.2, 0.25) is 0 Å². The van der Waals surface area contributed by atoms with Gasteiger partial charge in [0.05, 0.1) is 0 Å². The second-order valence-corrected chi connectivity index (χ2v) is 5.08. The average Bonchev–Trinajstić information content (AvgIpc) is 3.10. The molecule has 3 heteroatoms. The monoisotopic (exact) mass is 233 g/mol. The van der Waals surface area contributed by atoms with Crippen LogP contribution in [0.15, 0.2) is 18.3 Å². The zero-order valence-corrected chi connectivity index (χ0v) is 10.9. The highest BCUT2D eigenvalue weighted by molar-refractivity contribution is 5.52. The summed E-state index contributed by atoms with van der Waals surface area (Å²) in [5.74, 6) is 1.94. The van der Waals surface area contributed by atoms with E-state index in [9.17, 15) is 0 Å². The zero-order chi connectivity index (χ0) is 12.1. The molecule has 0 bridgehead atoms. The highest BCUT2D eigenvalue weighted by Gasteiger charge is 2.23. The maximum atomic E-state index is 4.31. The van der Waals surface area contributed by atoms with Crippen LogP contribution in [0.5, 0.6) is 0 Å². The molecule has 1 unspecified atom stereocenters. The van der Waals surface area contributed by atoms with Gasteiger partial charge in [-0.15, -0.1) is 0 Å². The number of aromatic nitrogens is 1. The first kappa shape index (κ1) is 12.2. The fourth-order valence-corrected chi connectivity index (χ4v) is 2.07. The van der Waals surface area contributed by atoms with Crippen LogP contribution >= 0.6 is 0 Å². The van der Waals surface area contributed by atoms with Crippen molar-refractivity contribution in [3.05, 3.63) is 18.3 Å². The SMILES string of the molecule is CCCNc1cc(NC(C)CC2CC2)ccn1. The van der Waals surface area contributed by atoms with Crippen LogP contribution < -0.4 is 10.6 Å². The van der Waals surface area contributed by atoms with E-state index in [0.717, 1.165) is 24.7 Å². The Labute approximate surface area is 104 Å². The van der Waals surface area contributed by atoms with Crippen LogP contribution in [-0.2, 0) is 0 Å². The lowest BCUT2D eigenvalue weighted by molar-refractivity contribution is 0.642. The predicted octanol–water partition coefficient (Wildman–Crippen LogP) is 3.50. The van der Waals surface area contributed by atoms with Gasteiger partial charge in [0, 0.05) is 30.5 Å². The molecule has 1 fully saturated rings. The molecular weight excluding hydrogens is 210 g/mol. The van der Waals surface area contributed by atoms with Gasteiger partial charge in [-0.05, 0) is 31.7 Å². The molecule has 1 aliphatic carbocycles. The van der Waals surface area contributed by atoms with Gasteiger partial charge in [0.2, 0.25) is 0 Å². The van der Waals surface area contributed by atoms with Crippen molar-refractivity contribution in [2.45, 2.75) is 45.6 Å². The number of nitrogens with zero attached hydrogens (tertiary/aromatic N) is 1. The molecule has 17 heavy (non-hydrogen) atoms. The third-order valence-electron chi connectivity index (χ3n) is 3.11. The number of hydrogen-bond donors (Lipinski definition) is 2. The van der Waals surface area contributed by atoms with E-state index in [4.69, 9.17) is 0 Å². The molecule has 0 amide bonds. The first-order chi connectivity index (χ1) is 8.28. The summed E-state index contributed by atoms with van der Waals surface area (Å²) in [6, 6.07) is 4.70. The molecule has 0 radical (unpaired) electrons. The summed E-state index contributed by atoms with van der Waals surface area (Å²) in [4.78, 5) is 4.31. The summed E-state index contributed by atoms with van der Waals surface area (Å²) in [5.41, 5.74) is 1.17. The van der Waals surface area contributed by atoms with E-state index in [1.807, 2.05) is 12.3 Å². The smallest absolute Gasteiger partial charge is 0.127 e. The van der Waals surface area contributed by atoms with E-state index in [0.29, 0.717) is 6.04 Å². The molecule has 94 valence electrons. The molecule has 1 heterocycles. The number of rotatable bonds is 7. The quantitative estimate of drug-likeness (QED) is 0.756. The molecule has 1 atom stereocenters. The van der Waals surface area contributed by atoms with Gasteiger partial charge in [-0.25, -0.2) is 4.98 Å². The van der Waals surface area contributed by atoms with Crippen molar-refractivity contribution in [1.29, 1.82) is 0 Å². The van der Waals surface area contributed by atoms with Gasteiger partial charge >= 0.3 is 0 Å². The first-order valence-electron chi connectivity index (χ1n) is 6.74. The van der Waals surface area contributed by atoms with E-state index >= 15 is 0 Å². The number of pyridine rings is 1. The first-order valence-corrected chi connectivity index (χ1v) is 6.74. The van der Waals surface area contributed by atoms with Crippen LogP contribution in [0.3, 0.4) is 0 Å². The Balaban J connectivity index is 1.85. The van der Waals surface area contributed by atoms with Crippen molar-refractivity contribution in [1.82, 2.24) is 4.98 Å². The minimum Gasteiger partial charge on any atom is -0.382 e. The molecular formula is C14H23N3. The highest BCUT2D eigenvalue weighted by atomic mass is 15.0. The van der Waals surface area contributed by atoms with Gasteiger partial charge in [0.1, 0.15) is 5.82 Å². The topological polar surface area (TPSA) is 37.0 Å². The number of hydrogen-bond acceptors (Lipinski definition) is 3. The zero-order valence-electron chi connectivity index (χ0n) is 10.9. The number of nitrogens with one attached hydrogen (secondary N) is 2. The van der Waals surface area contributed by atoms with Crippen molar-refractivity contribution in [3.8, 4) is 0 Å². The van der Waals surface area contributed by atoms with E-state index < -0.39 is 0 Å². The van der Waals surface area contributed by atoms with Crippen LogP contribution in [0.25, 0.3) is 0 Å². The second-order valence-electron chi connectivity index (χ2n) is 5.08. The minimum atomic E-state index is 0.559. The second kappa shape index (κ2) is 5.89. The van der Waals surface area contributed by atoms with E-state index in [1.54, 1.807) is 0 Å². The van der Waals surface area contributed by atoms with Gasteiger partial charge in [-0.2, -0.15) is 0 Å². The molecule has 0 aromatic carbocycles. The fourth-order valence-electron chi connectivity index (χ4n) is 2.07. The van der Waals surface area contributed by atoms with Crippen molar-refractivity contribution in [3.63, 3.8) is 0 Å². The lowest BCUT2D eigenvalue weighted by Crippen LogP contribution is -2.16. The third-order valence-corrected chi connectivity index (χ3v) is 3.11. The van der Waals surface area contributed by atoms with Crippen molar-refractivity contribution < 1.29 is 0 Å². The lowest BCUT2D eigenvalue weighted by Gasteiger charge is -2.15. The Morgan fingerprint density at radius 1 is 1.47 bits per heavy atom. The molecule has 2 N–H and O–H groups in total. The average molecular weight is 233 g/mol. The highest BCUT2D eigenvalue weighted by Crippen LogP contribution is 2.34. The normalized spacial score (nSPS) is 16.6. The minimum absolute atomic E-state index is 0.559. The summed E-state index contributed by atoms with van der Waals surface area (Å²) >= 11 is 0. The Morgan fingerprint density at radius 2 is 2.29 bits per heavy atom. The molecule has 2 rings (SSSR count). The largest absolute Gasteiger partial charge is 0.382 e. The molecule has 0 saturated heterocycles. The van der Waals surface area contributed by atoms with Gasteiger partial charge in [0.25, 0.3) is 0 Å². The van der Waals surface area contributed by atoms with Crippen molar-refractivity contribution in [2.24, 2.45) is 5.92 Å². The van der Waals surface area contributed by atoms with Crippen LogP contribution in [0, 0.1) is 5.92 Å². The van der Waals surface area contributed by atoms with Gasteiger partial charge in [-0.3, -0.25) is 0 Å².